The lowest BCUT2D eigenvalue weighted by Gasteiger charge is -2.49. The van der Waals surface area contributed by atoms with Crippen molar-refractivity contribution in [2.24, 2.45) is 0 Å². The first kappa shape index (κ1) is 17.2. The molecule has 0 amide bonds. The van der Waals surface area contributed by atoms with Gasteiger partial charge in [-0.05, 0) is 57.1 Å². The second kappa shape index (κ2) is 7.95. The average Bonchev–Trinajstić information content (AvgIpc) is 2.58. The Bertz CT molecular complexity index is 490. The Morgan fingerprint density at radius 1 is 1.13 bits per heavy atom. The van der Waals surface area contributed by atoms with Crippen LogP contribution in [-0.4, -0.2) is 72.9 Å². The van der Waals surface area contributed by atoms with E-state index in [1.165, 1.54) is 18.4 Å². The van der Waals surface area contributed by atoms with Crippen LogP contribution >= 0.6 is 11.6 Å². The van der Waals surface area contributed by atoms with Gasteiger partial charge in [-0.15, -0.1) is 0 Å². The lowest BCUT2D eigenvalue weighted by molar-refractivity contribution is -0.0120. The Balaban J connectivity index is 1.74. The van der Waals surface area contributed by atoms with E-state index in [0.29, 0.717) is 12.1 Å². The number of piperazine rings is 1. The lowest BCUT2D eigenvalue weighted by atomic mass is 9.94. The Morgan fingerprint density at radius 2 is 1.83 bits per heavy atom. The number of likely N-dealkylation sites (N-methyl/N-ethyl adjacent to an activating group) is 1. The molecule has 0 radical (unpaired) electrons. The molecule has 0 bridgehead atoms. The molecule has 5 heteroatoms. The van der Waals surface area contributed by atoms with Crippen LogP contribution in [0, 0.1) is 0 Å². The normalized spacial score (nSPS) is 28.1. The first-order valence-corrected chi connectivity index (χ1v) is 9.07. The molecule has 1 unspecified atom stereocenters. The number of aliphatic hydroxyl groups is 1. The van der Waals surface area contributed by atoms with Crippen molar-refractivity contribution in [3.8, 4) is 0 Å². The van der Waals surface area contributed by atoms with E-state index in [-0.39, 0.29) is 12.6 Å². The van der Waals surface area contributed by atoms with Crippen molar-refractivity contribution in [3.63, 3.8) is 0 Å². The summed E-state index contributed by atoms with van der Waals surface area (Å²) in [6.45, 7) is 4.43. The Labute approximate surface area is 144 Å². The molecule has 0 spiro atoms. The van der Waals surface area contributed by atoms with Crippen molar-refractivity contribution in [1.29, 1.82) is 0 Å². The molecule has 4 nitrogen and oxygen atoms in total. The highest BCUT2D eigenvalue weighted by Gasteiger charge is 2.35. The van der Waals surface area contributed by atoms with E-state index in [2.05, 4.69) is 34.3 Å². The highest BCUT2D eigenvalue weighted by molar-refractivity contribution is 6.30. The van der Waals surface area contributed by atoms with Crippen molar-refractivity contribution in [3.05, 3.63) is 34.9 Å². The number of piperidine rings is 1. The number of rotatable bonds is 4. The van der Waals surface area contributed by atoms with Gasteiger partial charge in [0.1, 0.15) is 0 Å². The molecule has 1 aromatic rings. The van der Waals surface area contributed by atoms with Gasteiger partial charge in [-0.3, -0.25) is 9.80 Å². The van der Waals surface area contributed by atoms with E-state index in [4.69, 9.17) is 11.6 Å². The van der Waals surface area contributed by atoms with Crippen LogP contribution in [0.15, 0.2) is 24.3 Å². The molecule has 2 aliphatic heterocycles. The monoisotopic (exact) mass is 337 g/mol. The topological polar surface area (TPSA) is 38.7 Å². The van der Waals surface area contributed by atoms with Crippen molar-refractivity contribution in [2.75, 3.05) is 39.8 Å². The largest absolute Gasteiger partial charge is 0.395 e. The standard InChI is InChI=1S/C18H28ClN3O/c1-21-11-17(10-14-2-4-15(19)5-3-14)22(12-18(21)13-23)16-6-8-20-9-7-16/h2-5,16-18,20,23H,6-13H2,1H3/t17?,18-/m1/s1. The number of aliphatic hydroxyl groups excluding tert-OH is 1. The number of nitrogens with one attached hydrogen (secondary N) is 1. The number of nitrogens with zero attached hydrogens (tertiary/aromatic N) is 2. The van der Waals surface area contributed by atoms with E-state index in [9.17, 15) is 5.11 Å². The molecule has 3 rings (SSSR count). The van der Waals surface area contributed by atoms with Crippen LogP contribution in [0.3, 0.4) is 0 Å². The molecule has 23 heavy (non-hydrogen) atoms. The number of benzene rings is 1. The fourth-order valence-corrected chi connectivity index (χ4v) is 4.10. The maximum atomic E-state index is 9.69. The summed E-state index contributed by atoms with van der Waals surface area (Å²) in [6.07, 6.45) is 3.46. The summed E-state index contributed by atoms with van der Waals surface area (Å²) in [5.74, 6) is 0. The predicted molar refractivity (Wildman–Crippen MR) is 95.0 cm³/mol. The molecular formula is C18H28ClN3O. The predicted octanol–water partition coefficient (Wildman–Crippen LogP) is 1.61. The Morgan fingerprint density at radius 3 is 2.48 bits per heavy atom. The summed E-state index contributed by atoms with van der Waals surface area (Å²) in [5.41, 5.74) is 1.34. The first-order chi connectivity index (χ1) is 11.2. The fraction of sp³-hybridized carbons (Fsp3) is 0.667. The summed E-state index contributed by atoms with van der Waals surface area (Å²) < 4.78 is 0. The van der Waals surface area contributed by atoms with Crippen LogP contribution in [0.2, 0.25) is 5.02 Å². The minimum atomic E-state index is 0.242. The van der Waals surface area contributed by atoms with E-state index in [1.54, 1.807) is 0 Å². The van der Waals surface area contributed by atoms with Gasteiger partial charge in [-0.2, -0.15) is 0 Å². The van der Waals surface area contributed by atoms with Gasteiger partial charge in [-0.25, -0.2) is 0 Å². The molecule has 0 aliphatic carbocycles. The molecule has 2 atom stereocenters. The van der Waals surface area contributed by atoms with Gasteiger partial charge in [0.2, 0.25) is 0 Å². The van der Waals surface area contributed by atoms with Crippen LogP contribution in [0.1, 0.15) is 18.4 Å². The number of hydrogen-bond donors (Lipinski definition) is 2. The van der Waals surface area contributed by atoms with Gasteiger partial charge in [0.15, 0.2) is 0 Å². The van der Waals surface area contributed by atoms with Gasteiger partial charge in [-0.1, -0.05) is 23.7 Å². The van der Waals surface area contributed by atoms with Gasteiger partial charge in [0, 0.05) is 36.2 Å². The summed E-state index contributed by atoms with van der Waals surface area (Å²) in [6, 6.07) is 9.64. The van der Waals surface area contributed by atoms with E-state index in [1.807, 2.05) is 12.1 Å². The highest BCUT2D eigenvalue weighted by atomic mass is 35.5. The zero-order valence-corrected chi connectivity index (χ0v) is 14.7. The quantitative estimate of drug-likeness (QED) is 0.875. The number of halogens is 1. The first-order valence-electron chi connectivity index (χ1n) is 8.69. The molecule has 2 aliphatic rings. The Kier molecular flexibility index (Phi) is 5.94. The summed E-state index contributed by atoms with van der Waals surface area (Å²) in [5, 5.41) is 13.9. The summed E-state index contributed by atoms with van der Waals surface area (Å²) >= 11 is 6.01. The van der Waals surface area contributed by atoms with E-state index in [0.717, 1.165) is 37.6 Å². The van der Waals surface area contributed by atoms with E-state index >= 15 is 0 Å². The van der Waals surface area contributed by atoms with Gasteiger partial charge < -0.3 is 10.4 Å². The summed E-state index contributed by atoms with van der Waals surface area (Å²) in [4.78, 5) is 4.98. The van der Waals surface area contributed by atoms with E-state index < -0.39 is 0 Å². The van der Waals surface area contributed by atoms with Gasteiger partial charge in [0.25, 0.3) is 0 Å². The van der Waals surface area contributed by atoms with Crippen LogP contribution in [0.5, 0.6) is 0 Å². The van der Waals surface area contributed by atoms with Crippen molar-refractivity contribution < 1.29 is 5.11 Å². The molecule has 128 valence electrons. The molecule has 0 saturated carbocycles. The van der Waals surface area contributed by atoms with Gasteiger partial charge in [0.05, 0.1) is 6.61 Å². The lowest BCUT2D eigenvalue weighted by Crippen LogP contribution is -2.62. The number of hydrogen-bond acceptors (Lipinski definition) is 4. The minimum absolute atomic E-state index is 0.242. The molecule has 2 fully saturated rings. The van der Waals surface area contributed by atoms with Crippen LogP contribution in [-0.2, 0) is 6.42 Å². The zero-order valence-electron chi connectivity index (χ0n) is 13.9. The third-order valence-corrected chi connectivity index (χ3v) is 5.64. The second-order valence-corrected chi connectivity index (χ2v) is 7.37. The summed E-state index contributed by atoms with van der Waals surface area (Å²) in [7, 11) is 2.13. The van der Waals surface area contributed by atoms with Crippen molar-refractivity contribution in [1.82, 2.24) is 15.1 Å². The SMILES string of the molecule is CN1CC(Cc2ccc(Cl)cc2)N(C2CCNCC2)C[C@@H]1CO. The smallest absolute Gasteiger partial charge is 0.0599 e. The third-order valence-electron chi connectivity index (χ3n) is 5.39. The molecular weight excluding hydrogens is 310 g/mol. The van der Waals surface area contributed by atoms with Gasteiger partial charge >= 0.3 is 0 Å². The fourth-order valence-electron chi connectivity index (χ4n) is 3.98. The molecule has 2 saturated heterocycles. The average molecular weight is 338 g/mol. The Hall–Kier alpha value is -0.650. The third kappa shape index (κ3) is 4.25. The highest BCUT2D eigenvalue weighted by Crippen LogP contribution is 2.24. The maximum absolute atomic E-state index is 9.69. The van der Waals surface area contributed by atoms with Crippen LogP contribution in [0.25, 0.3) is 0 Å². The zero-order chi connectivity index (χ0) is 16.2. The second-order valence-electron chi connectivity index (χ2n) is 6.94. The molecule has 2 heterocycles. The van der Waals surface area contributed by atoms with Crippen molar-refractivity contribution in [2.45, 2.75) is 37.4 Å². The van der Waals surface area contributed by atoms with Crippen LogP contribution in [0.4, 0.5) is 0 Å². The molecule has 0 aromatic heterocycles. The van der Waals surface area contributed by atoms with Crippen molar-refractivity contribution >= 4 is 11.6 Å². The molecule has 2 N–H and O–H groups in total. The van der Waals surface area contributed by atoms with Crippen LogP contribution < -0.4 is 5.32 Å². The maximum Gasteiger partial charge on any atom is 0.0599 e. The molecule has 1 aromatic carbocycles. The minimum Gasteiger partial charge on any atom is -0.395 e.